The van der Waals surface area contributed by atoms with Gasteiger partial charge in [0.25, 0.3) is 0 Å². The van der Waals surface area contributed by atoms with Crippen LogP contribution in [0.1, 0.15) is 32.6 Å². The summed E-state index contributed by atoms with van der Waals surface area (Å²) in [5.41, 5.74) is 1.43. The molecule has 0 saturated heterocycles. The lowest BCUT2D eigenvalue weighted by molar-refractivity contribution is 0.464. The van der Waals surface area contributed by atoms with Gasteiger partial charge in [-0.05, 0) is 18.8 Å². The van der Waals surface area contributed by atoms with Crippen LogP contribution in [0.25, 0.3) is 0 Å². The van der Waals surface area contributed by atoms with Crippen molar-refractivity contribution in [3.05, 3.63) is 10.6 Å². The Hall–Kier alpha value is 0.280. The molecule has 1 unspecified atom stereocenters. The van der Waals surface area contributed by atoms with Gasteiger partial charge >= 0.3 is 0 Å². The lowest BCUT2D eigenvalue weighted by atomic mass is 10.1. The minimum Gasteiger partial charge on any atom is -0.309 e. The van der Waals surface area contributed by atoms with Gasteiger partial charge in [0.2, 0.25) is 0 Å². The molecule has 1 aliphatic carbocycles. The molecule has 76 valence electrons. The third kappa shape index (κ3) is 4.90. The Morgan fingerprint density at radius 1 is 1.62 bits per heavy atom. The number of hydrogen-bond donors (Lipinski definition) is 1. The Morgan fingerprint density at radius 3 is 2.77 bits per heavy atom. The molecule has 1 rings (SSSR count). The molecule has 0 heterocycles. The monoisotopic (exact) mass is 221 g/mol. The highest BCUT2D eigenvalue weighted by molar-refractivity contribution is 6.36. The standard InChI is InChI=1S/C10H17Cl2N/c1-2-10(5-8-3-4-8)13-7-9(12)6-11/h6,8,10,13H,2-5,7H2,1H3. The van der Waals surface area contributed by atoms with E-state index in [-0.39, 0.29) is 0 Å². The van der Waals surface area contributed by atoms with Crippen LogP contribution in [0.5, 0.6) is 0 Å². The molecule has 0 aromatic heterocycles. The molecule has 1 N–H and O–H groups in total. The zero-order chi connectivity index (χ0) is 9.68. The van der Waals surface area contributed by atoms with Gasteiger partial charge in [-0.1, -0.05) is 43.0 Å². The first kappa shape index (κ1) is 11.4. The van der Waals surface area contributed by atoms with E-state index in [9.17, 15) is 0 Å². The van der Waals surface area contributed by atoms with Crippen LogP contribution in [0.15, 0.2) is 10.6 Å². The van der Waals surface area contributed by atoms with Crippen LogP contribution >= 0.6 is 23.2 Å². The quantitative estimate of drug-likeness (QED) is 0.725. The molecule has 13 heavy (non-hydrogen) atoms. The zero-order valence-electron chi connectivity index (χ0n) is 8.02. The van der Waals surface area contributed by atoms with Gasteiger partial charge < -0.3 is 5.32 Å². The second-order valence-corrected chi connectivity index (χ2v) is 4.42. The summed E-state index contributed by atoms with van der Waals surface area (Å²) in [4.78, 5) is 0. The molecule has 0 aromatic rings. The first-order valence-electron chi connectivity index (χ1n) is 4.94. The third-order valence-electron chi connectivity index (χ3n) is 2.49. The van der Waals surface area contributed by atoms with Gasteiger partial charge in [0.15, 0.2) is 0 Å². The van der Waals surface area contributed by atoms with Gasteiger partial charge in [0.1, 0.15) is 0 Å². The van der Waals surface area contributed by atoms with Gasteiger partial charge in [0.05, 0.1) is 0 Å². The Kier molecular flexibility index (Phi) is 5.15. The summed E-state index contributed by atoms with van der Waals surface area (Å²) in [6.45, 7) is 2.91. The molecule has 0 bridgehead atoms. The number of hydrogen-bond acceptors (Lipinski definition) is 1. The molecular weight excluding hydrogens is 205 g/mol. The molecule has 1 saturated carbocycles. The number of halogens is 2. The van der Waals surface area contributed by atoms with Gasteiger partial charge in [-0.25, -0.2) is 0 Å². The van der Waals surface area contributed by atoms with E-state index < -0.39 is 0 Å². The molecule has 0 amide bonds. The molecule has 1 nitrogen and oxygen atoms in total. The van der Waals surface area contributed by atoms with Crippen molar-refractivity contribution in [2.24, 2.45) is 5.92 Å². The van der Waals surface area contributed by atoms with Crippen molar-refractivity contribution in [2.45, 2.75) is 38.6 Å². The fraction of sp³-hybridized carbons (Fsp3) is 0.800. The van der Waals surface area contributed by atoms with Crippen LogP contribution in [-0.4, -0.2) is 12.6 Å². The van der Waals surface area contributed by atoms with Crippen LogP contribution in [0, 0.1) is 5.92 Å². The normalized spacial score (nSPS) is 20.4. The van der Waals surface area contributed by atoms with Gasteiger partial charge in [0, 0.05) is 23.2 Å². The Morgan fingerprint density at radius 2 is 2.31 bits per heavy atom. The second-order valence-electron chi connectivity index (χ2n) is 3.72. The SMILES string of the molecule is CCC(CC1CC1)NCC(Cl)=CCl. The first-order valence-corrected chi connectivity index (χ1v) is 5.75. The van der Waals surface area contributed by atoms with Crippen LogP contribution in [0.3, 0.4) is 0 Å². The second kappa shape index (κ2) is 5.90. The van der Waals surface area contributed by atoms with E-state index in [2.05, 4.69) is 12.2 Å². The first-order chi connectivity index (χ1) is 6.26. The van der Waals surface area contributed by atoms with E-state index in [1.54, 1.807) is 0 Å². The highest BCUT2D eigenvalue weighted by Crippen LogP contribution is 2.34. The van der Waals surface area contributed by atoms with Crippen molar-refractivity contribution in [3.8, 4) is 0 Å². The van der Waals surface area contributed by atoms with Crippen molar-refractivity contribution in [1.82, 2.24) is 5.32 Å². The molecule has 0 aromatic carbocycles. The number of rotatable bonds is 6. The molecular formula is C10H17Cl2N. The summed E-state index contributed by atoms with van der Waals surface area (Å²) in [5.74, 6) is 0.969. The summed E-state index contributed by atoms with van der Waals surface area (Å²) in [6, 6.07) is 0.609. The van der Waals surface area contributed by atoms with E-state index in [1.165, 1.54) is 31.2 Å². The largest absolute Gasteiger partial charge is 0.309 e. The van der Waals surface area contributed by atoms with E-state index in [1.807, 2.05) is 0 Å². The van der Waals surface area contributed by atoms with Crippen molar-refractivity contribution in [2.75, 3.05) is 6.54 Å². The smallest absolute Gasteiger partial charge is 0.0431 e. The maximum Gasteiger partial charge on any atom is 0.0431 e. The Bertz CT molecular complexity index is 176. The van der Waals surface area contributed by atoms with Crippen molar-refractivity contribution < 1.29 is 0 Å². The fourth-order valence-electron chi connectivity index (χ4n) is 1.43. The summed E-state index contributed by atoms with van der Waals surface area (Å²) in [7, 11) is 0. The molecule has 0 spiro atoms. The van der Waals surface area contributed by atoms with E-state index >= 15 is 0 Å². The topological polar surface area (TPSA) is 12.0 Å². The molecule has 1 aliphatic rings. The lowest BCUT2D eigenvalue weighted by Gasteiger charge is -2.15. The Balaban J connectivity index is 2.14. The summed E-state index contributed by atoms with van der Waals surface area (Å²) < 4.78 is 0. The van der Waals surface area contributed by atoms with Gasteiger partial charge in [-0.15, -0.1) is 0 Å². The van der Waals surface area contributed by atoms with Crippen LogP contribution in [-0.2, 0) is 0 Å². The van der Waals surface area contributed by atoms with Crippen molar-refractivity contribution >= 4 is 23.2 Å². The zero-order valence-corrected chi connectivity index (χ0v) is 9.54. The maximum absolute atomic E-state index is 5.79. The average Bonchev–Trinajstić information content (AvgIpc) is 2.95. The van der Waals surface area contributed by atoms with Crippen LogP contribution in [0.4, 0.5) is 0 Å². The van der Waals surface area contributed by atoms with Crippen LogP contribution < -0.4 is 5.32 Å². The highest BCUT2D eigenvalue weighted by atomic mass is 35.5. The molecule has 0 radical (unpaired) electrons. The van der Waals surface area contributed by atoms with Crippen molar-refractivity contribution in [1.29, 1.82) is 0 Å². The third-order valence-corrected chi connectivity index (χ3v) is 3.10. The summed E-state index contributed by atoms with van der Waals surface area (Å²) >= 11 is 11.2. The predicted octanol–water partition coefficient (Wildman–Crippen LogP) is 3.47. The summed E-state index contributed by atoms with van der Waals surface area (Å²) in [6.07, 6.45) is 5.29. The molecule has 0 aliphatic heterocycles. The average molecular weight is 222 g/mol. The molecule has 3 heteroatoms. The van der Waals surface area contributed by atoms with E-state index in [0.29, 0.717) is 17.6 Å². The summed E-state index contributed by atoms with van der Waals surface area (Å²) in [5, 5.41) is 4.10. The Labute approximate surface area is 90.5 Å². The van der Waals surface area contributed by atoms with Gasteiger partial charge in [-0.3, -0.25) is 0 Å². The minimum atomic E-state index is 0.609. The van der Waals surface area contributed by atoms with E-state index in [4.69, 9.17) is 23.2 Å². The van der Waals surface area contributed by atoms with E-state index in [0.717, 1.165) is 5.92 Å². The maximum atomic E-state index is 5.79. The predicted molar refractivity (Wildman–Crippen MR) is 59.2 cm³/mol. The highest BCUT2D eigenvalue weighted by Gasteiger charge is 2.24. The van der Waals surface area contributed by atoms with Gasteiger partial charge in [-0.2, -0.15) is 0 Å². The van der Waals surface area contributed by atoms with Crippen molar-refractivity contribution in [3.63, 3.8) is 0 Å². The molecule has 1 fully saturated rings. The molecule has 1 atom stereocenters. The fourth-order valence-corrected chi connectivity index (χ4v) is 1.58. The lowest BCUT2D eigenvalue weighted by Crippen LogP contribution is -2.29. The number of nitrogens with one attached hydrogen (secondary N) is 1. The van der Waals surface area contributed by atoms with Crippen LogP contribution in [0.2, 0.25) is 0 Å². The minimum absolute atomic E-state index is 0.609.